The van der Waals surface area contributed by atoms with Gasteiger partial charge in [0.15, 0.2) is 0 Å². The average Bonchev–Trinajstić information content (AvgIpc) is 2.89. The summed E-state index contributed by atoms with van der Waals surface area (Å²) in [5.41, 5.74) is 1.37. The van der Waals surface area contributed by atoms with Gasteiger partial charge in [-0.1, -0.05) is 37.3 Å². The van der Waals surface area contributed by atoms with Gasteiger partial charge in [-0.3, -0.25) is 9.59 Å². The smallest absolute Gasteiger partial charge is 0.224 e. The van der Waals surface area contributed by atoms with Crippen molar-refractivity contribution in [2.24, 2.45) is 5.92 Å². The molecule has 9 nitrogen and oxygen atoms in total. The third-order valence-electron chi connectivity index (χ3n) is 6.42. The number of likely N-dealkylation sites (tertiary alicyclic amines) is 1. The number of ketones is 1. The van der Waals surface area contributed by atoms with E-state index >= 15 is 0 Å². The molecule has 1 atom stereocenters. The molecule has 216 valence electrons. The molecular weight excluding hydrogens is 490 g/mol. The lowest BCUT2D eigenvalue weighted by atomic mass is 9.79. The van der Waals surface area contributed by atoms with E-state index < -0.39 is 0 Å². The molecule has 1 aliphatic heterocycles. The largest absolute Gasteiger partial charge is 0.379 e. The molecule has 2 rings (SSSR count). The van der Waals surface area contributed by atoms with Crippen LogP contribution in [0.3, 0.4) is 0 Å². The number of hydrogen-bond acceptors (Lipinski definition) is 8. The predicted octanol–water partition coefficient (Wildman–Crippen LogP) is 3.11. The van der Waals surface area contributed by atoms with E-state index in [2.05, 4.69) is 31.2 Å². The van der Waals surface area contributed by atoms with Gasteiger partial charge in [-0.05, 0) is 24.8 Å². The third kappa shape index (κ3) is 14.3. The lowest BCUT2D eigenvalue weighted by molar-refractivity contribution is -0.139. The molecule has 0 radical (unpaired) electrons. The van der Waals surface area contributed by atoms with Crippen LogP contribution in [0.2, 0.25) is 0 Å². The number of Topliss-reactive ketones (excluding diaryl/α,β-unsaturated/α-hetero) is 1. The molecule has 38 heavy (non-hydrogen) atoms. The normalized spacial score (nSPS) is 14.4. The highest BCUT2D eigenvalue weighted by molar-refractivity contribution is 5.77. The number of hydrogen-bond donors (Lipinski definition) is 0. The molecule has 1 saturated heterocycles. The Labute approximate surface area is 228 Å². The van der Waals surface area contributed by atoms with Crippen LogP contribution in [0.1, 0.15) is 44.6 Å². The fraction of sp³-hybridized carbons (Fsp3) is 0.724. The maximum atomic E-state index is 12.4. The molecule has 1 fully saturated rings. The average molecular weight is 538 g/mol. The van der Waals surface area contributed by atoms with Crippen LogP contribution in [-0.4, -0.2) is 109 Å². The van der Waals surface area contributed by atoms with E-state index in [4.69, 9.17) is 28.4 Å². The van der Waals surface area contributed by atoms with Crippen molar-refractivity contribution in [3.05, 3.63) is 35.9 Å². The lowest BCUT2D eigenvalue weighted by Gasteiger charge is -2.43. The standard InChI is InChI=1S/C29H47NO8/c1-3-28(26-7-5-4-6-8-26)27-23-30(24-27)29(32)10-12-34-14-16-36-18-20-38-22-21-37-19-17-35-15-13-33-11-9-25(2)31/h4-8,27-28H,3,9-24H2,1-2H3. The van der Waals surface area contributed by atoms with E-state index in [0.29, 0.717) is 104 Å². The Morgan fingerprint density at radius 1 is 0.711 bits per heavy atom. The van der Waals surface area contributed by atoms with Crippen LogP contribution in [-0.2, 0) is 38.0 Å². The first-order valence-electron chi connectivity index (χ1n) is 13.9. The summed E-state index contributed by atoms with van der Waals surface area (Å²) in [6.07, 6.45) is 1.95. The summed E-state index contributed by atoms with van der Waals surface area (Å²) in [6, 6.07) is 10.6. The first-order chi connectivity index (χ1) is 18.6. The van der Waals surface area contributed by atoms with Crippen molar-refractivity contribution in [3.8, 4) is 0 Å². The summed E-state index contributed by atoms with van der Waals surface area (Å²) >= 11 is 0. The van der Waals surface area contributed by atoms with Crippen LogP contribution in [0.25, 0.3) is 0 Å². The molecule has 0 aliphatic carbocycles. The zero-order valence-electron chi connectivity index (χ0n) is 23.3. The molecule has 0 spiro atoms. The number of rotatable bonds is 24. The van der Waals surface area contributed by atoms with E-state index in [9.17, 15) is 9.59 Å². The maximum Gasteiger partial charge on any atom is 0.224 e. The molecular formula is C29H47NO8. The molecule has 1 amide bonds. The molecule has 9 heteroatoms. The summed E-state index contributed by atoms with van der Waals surface area (Å²) in [6.45, 7) is 11.2. The van der Waals surface area contributed by atoms with Gasteiger partial charge >= 0.3 is 0 Å². The van der Waals surface area contributed by atoms with Crippen molar-refractivity contribution >= 4 is 11.7 Å². The second kappa shape index (κ2) is 21.0. The first kappa shape index (κ1) is 32.3. The van der Waals surface area contributed by atoms with Crippen LogP contribution in [0.4, 0.5) is 0 Å². The summed E-state index contributed by atoms with van der Waals surface area (Å²) < 4.78 is 32.6. The lowest BCUT2D eigenvalue weighted by Crippen LogP contribution is -2.52. The molecule has 1 aromatic carbocycles. The van der Waals surface area contributed by atoms with Crippen molar-refractivity contribution in [1.82, 2.24) is 4.90 Å². The van der Waals surface area contributed by atoms with Gasteiger partial charge in [0, 0.05) is 25.4 Å². The second-order valence-electron chi connectivity index (χ2n) is 9.36. The van der Waals surface area contributed by atoms with E-state index in [1.54, 1.807) is 6.92 Å². The zero-order chi connectivity index (χ0) is 27.3. The fourth-order valence-electron chi connectivity index (χ4n) is 4.25. The Balaban J connectivity index is 1.29. The Hall–Kier alpha value is -1.88. The van der Waals surface area contributed by atoms with Crippen LogP contribution >= 0.6 is 0 Å². The fourth-order valence-corrected chi connectivity index (χ4v) is 4.25. The number of nitrogens with zero attached hydrogens (tertiary/aromatic N) is 1. The van der Waals surface area contributed by atoms with Crippen LogP contribution < -0.4 is 0 Å². The molecule has 0 N–H and O–H groups in total. The molecule has 0 bridgehead atoms. The molecule has 0 aromatic heterocycles. The van der Waals surface area contributed by atoms with Crippen molar-refractivity contribution in [1.29, 1.82) is 0 Å². The van der Waals surface area contributed by atoms with Gasteiger partial charge in [0.1, 0.15) is 5.78 Å². The van der Waals surface area contributed by atoms with E-state index in [-0.39, 0.29) is 11.7 Å². The van der Waals surface area contributed by atoms with E-state index in [1.807, 2.05) is 11.0 Å². The highest BCUT2D eigenvalue weighted by Gasteiger charge is 2.35. The predicted molar refractivity (Wildman–Crippen MR) is 144 cm³/mol. The van der Waals surface area contributed by atoms with Gasteiger partial charge in [-0.2, -0.15) is 0 Å². The highest BCUT2D eigenvalue weighted by Crippen LogP contribution is 2.34. The SMILES string of the molecule is CCC(c1ccccc1)C1CN(C(=O)CCOCCOCCOCCOCCOCCOCCC(C)=O)C1. The van der Waals surface area contributed by atoms with Crippen LogP contribution in [0.15, 0.2) is 30.3 Å². The summed E-state index contributed by atoms with van der Waals surface area (Å²) in [5.74, 6) is 1.36. The quantitative estimate of drug-likeness (QED) is 0.186. The first-order valence-corrected chi connectivity index (χ1v) is 13.9. The van der Waals surface area contributed by atoms with Gasteiger partial charge in [-0.25, -0.2) is 0 Å². The topological polar surface area (TPSA) is 92.8 Å². The van der Waals surface area contributed by atoms with Gasteiger partial charge in [-0.15, -0.1) is 0 Å². The number of ether oxygens (including phenoxy) is 6. The minimum absolute atomic E-state index is 0.127. The summed E-state index contributed by atoms with van der Waals surface area (Å²) in [4.78, 5) is 25.1. The van der Waals surface area contributed by atoms with Gasteiger partial charge in [0.25, 0.3) is 0 Å². The van der Waals surface area contributed by atoms with Crippen LogP contribution in [0.5, 0.6) is 0 Å². The Bertz CT molecular complexity index is 741. The van der Waals surface area contributed by atoms with Crippen molar-refractivity contribution in [2.75, 3.05) is 92.4 Å². The Kier molecular flexibility index (Phi) is 17.9. The van der Waals surface area contributed by atoms with E-state index in [0.717, 1.165) is 19.5 Å². The molecule has 1 heterocycles. The second-order valence-corrected chi connectivity index (χ2v) is 9.36. The number of amides is 1. The van der Waals surface area contributed by atoms with Crippen molar-refractivity contribution < 1.29 is 38.0 Å². The molecule has 1 aliphatic rings. The minimum Gasteiger partial charge on any atom is -0.379 e. The highest BCUT2D eigenvalue weighted by atomic mass is 16.6. The van der Waals surface area contributed by atoms with E-state index in [1.165, 1.54) is 5.56 Å². The Morgan fingerprint density at radius 2 is 1.13 bits per heavy atom. The zero-order valence-corrected chi connectivity index (χ0v) is 23.3. The molecule has 1 unspecified atom stereocenters. The van der Waals surface area contributed by atoms with Crippen LogP contribution in [0, 0.1) is 5.92 Å². The molecule has 0 saturated carbocycles. The van der Waals surface area contributed by atoms with Gasteiger partial charge < -0.3 is 33.3 Å². The van der Waals surface area contributed by atoms with Crippen molar-refractivity contribution in [3.63, 3.8) is 0 Å². The summed E-state index contributed by atoms with van der Waals surface area (Å²) in [7, 11) is 0. The van der Waals surface area contributed by atoms with Gasteiger partial charge in [0.05, 0.1) is 85.7 Å². The monoisotopic (exact) mass is 537 g/mol. The minimum atomic E-state index is 0.127. The van der Waals surface area contributed by atoms with Gasteiger partial charge in [0.2, 0.25) is 5.91 Å². The number of benzene rings is 1. The summed E-state index contributed by atoms with van der Waals surface area (Å²) in [5, 5.41) is 0. The molecule has 1 aromatic rings. The Morgan fingerprint density at radius 3 is 1.55 bits per heavy atom. The maximum absolute atomic E-state index is 12.4. The third-order valence-corrected chi connectivity index (χ3v) is 6.42. The number of carbonyl (C=O) groups is 2. The van der Waals surface area contributed by atoms with Crippen molar-refractivity contribution in [2.45, 2.75) is 39.0 Å². The number of carbonyl (C=O) groups excluding carboxylic acids is 2.